The van der Waals surface area contributed by atoms with E-state index in [0.29, 0.717) is 13.0 Å². The molecule has 0 unspecified atom stereocenters. The summed E-state index contributed by atoms with van der Waals surface area (Å²) in [5.41, 5.74) is 0.960. The van der Waals surface area contributed by atoms with Crippen LogP contribution in [-0.2, 0) is 20.7 Å². The first-order valence-corrected chi connectivity index (χ1v) is 7.37. The Hall–Kier alpha value is -2.57. The molecule has 7 heteroatoms. The van der Waals surface area contributed by atoms with Gasteiger partial charge in [-0.1, -0.05) is 12.1 Å². The Morgan fingerprint density at radius 3 is 2.39 bits per heavy atom. The molecule has 0 fully saturated rings. The molecule has 0 aliphatic carbocycles. The van der Waals surface area contributed by atoms with Gasteiger partial charge in [-0.3, -0.25) is 14.9 Å². The first kappa shape index (κ1) is 18.5. The molecule has 0 radical (unpaired) electrons. The fourth-order valence-corrected chi connectivity index (χ4v) is 1.77. The van der Waals surface area contributed by atoms with Gasteiger partial charge in [-0.05, 0) is 38.0 Å². The number of benzene rings is 1. The van der Waals surface area contributed by atoms with E-state index >= 15 is 0 Å². The Morgan fingerprint density at radius 2 is 1.83 bits per heavy atom. The maximum atomic E-state index is 11.7. The summed E-state index contributed by atoms with van der Waals surface area (Å²) in [5, 5.41) is 4.51. The van der Waals surface area contributed by atoms with Gasteiger partial charge in [0.2, 0.25) is 0 Å². The van der Waals surface area contributed by atoms with Crippen molar-refractivity contribution in [2.75, 3.05) is 13.7 Å². The monoisotopic (exact) mass is 322 g/mol. The topological polar surface area (TPSA) is 93.7 Å². The van der Waals surface area contributed by atoms with Crippen LogP contribution < -0.4 is 15.4 Å². The lowest BCUT2D eigenvalue weighted by Crippen LogP contribution is -2.44. The van der Waals surface area contributed by atoms with Crippen LogP contribution in [0.5, 0.6) is 5.75 Å². The van der Waals surface area contributed by atoms with Crippen LogP contribution in [0, 0.1) is 0 Å². The molecule has 1 aromatic carbocycles. The molecule has 0 saturated heterocycles. The predicted molar refractivity (Wildman–Crippen MR) is 84.1 cm³/mol. The smallest absolute Gasteiger partial charge is 0.321 e. The lowest BCUT2D eigenvalue weighted by atomic mass is 10.1. The normalized spacial score (nSPS) is 11.3. The van der Waals surface area contributed by atoms with Crippen molar-refractivity contribution in [1.82, 2.24) is 10.6 Å². The van der Waals surface area contributed by atoms with E-state index in [0.717, 1.165) is 11.3 Å². The van der Waals surface area contributed by atoms with Crippen molar-refractivity contribution in [2.24, 2.45) is 0 Å². The van der Waals surface area contributed by atoms with Crippen molar-refractivity contribution >= 4 is 17.9 Å². The molecule has 2 N–H and O–H groups in total. The summed E-state index contributed by atoms with van der Waals surface area (Å²) in [5.74, 6) is -0.417. The number of carbonyl (C=O) groups excluding carboxylic acids is 3. The van der Waals surface area contributed by atoms with Crippen molar-refractivity contribution in [1.29, 1.82) is 0 Å². The average molecular weight is 322 g/mol. The highest BCUT2D eigenvalue weighted by Gasteiger charge is 2.19. The van der Waals surface area contributed by atoms with Gasteiger partial charge in [-0.25, -0.2) is 4.79 Å². The standard InChI is InChI=1S/C16H22N2O5/c1-4-17-16(21)18-15(20)11(2)23-14(19)10-7-12-5-8-13(22-3)9-6-12/h5-6,8-9,11H,4,7,10H2,1-3H3,(H2,17,18,20,21)/t11-/m1/s1. The Morgan fingerprint density at radius 1 is 1.17 bits per heavy atom. The molecule has 1 rings (SSSR count). The molecule has 0 spiro atoms. The molecule has 0 aliphatic heterocycles. The molecular formula is C16H22N2O5. The van der Waals surface area contributed by atoms with Crippen LogP contribution in [0.2, 0.25) is 0 Å². The Balaban J connectivity index is 2.37. The van der Waals surface area contributed by atoms with Gasteiger partial charge in [-0.15, -0.1) is 0 Å². The minimum absolute atomic E-state index is 0.144. The summed E-state index contributed by atoms with van der Waals surface area (Å²) in [4.78, 5) is 34.6. The maximum Gasteiger partial charge on any atom is 0.321 e. The van der Waals surface area contributed by atoms with Crippen LogP contribution in [0.15, 0.2) is 24.3 Å². The lowest BCUT2D eigenvalue weighted by molar-refractivity contribution is -0.154. The second-order valence-electron chi connectivity index (χ2n) is 4.83. The first-order valence-electron chi connectivity index (χ1n) is 7.37. The summed E-state index contributed by atoms with van der Waals surface area (Å²) < 4.78 is 10.1. The van der Waals surface area contributed by atoms with E-state index in [-0.39, 0.29) is 6.42 Å². The molecule has 3 amide bonds. The van der Waals surface area contributed by atoms with Crippen LogP contribution in [-0.4, -0.2) is 37.7 Å². The Kier molecular flexibility index (Phi) is 7.59. The summed E-state index contributed by atoms with van der Waals surface area (Å²) >= 11 is 0. The molecule has 0 bridgehead atoms. The van der Waals surface area contributed by atoms with Crippen LogP contribution in [0.3, 0.4) is 0 Å². The van der Waals surface area contributed by atoms with Crippen molar-refractivity contribution < 1.29 is 23.9 Å². The van der Waals surface area contributed by atoms with Crippen molar-refractivity contribution in [3.63, 3.8) is 0 Å². The molecule has 1 aromatic rings. The first-order chi connectivity index (χ1) is 11.0. The van der Waals surface area contributed by atoms with Gasteiger partial charge in [0.25, 0.3) is 5.91 Å². The number of carbonyl (C=O) groups is 3. The van der Waals surface area contributed by atoms with E-state index in [1.165, 1.54) is 6.92 Å². The van der Waals surface area contributed by atoms with Gasteiger partial charge < -0.3 is 14.8 Å². The van der Waals surface area contributed by atoms with Gasteiger partial charge in [-0.2, -0.15) is 0 Å². The number of imide groups is 1. The average Bonchev–Trinajstić information content (AvgIpc) is 2.53. The zero-order chi connectivity index (χ0) is 17.2. The van der Waals surface area contributed by atoms with Gasteiger partial charge in [0.1, 0.15) is 5.75 Å². The number of nitrogens with one attached hydrogen (secondary N) is 2. The molecule has 0 saturated carbocycles. The van der Waals surface area contributed by atoms with Crippen LogP contribution >= 0.6 is 0 Å². The lowest BCUT2D eigenvalue weighted by Gasteiger charge is -2.13. The highest BCUT2D eigenvalue weighted by Crippen LogP contribution is 2.13. The maximum absolute atomic E-state index is 11.7. The van der Waals surface area contributed by atoms with Crippen LogP contribution in [0.4, 0.5) is 4.79 Å². The largest absolute Gasteiger partial charge is 0.497 e. The third-order valence-corrected chi connectivity index (χ3v) is 3.03. The molecule has 0 aromatic heterocycles. The summed E-state index contributed by atoms with van der Waals surface area (Å²) in [6.07, 6.45) is -0.389. The number of hydrogen-bond donors (Lipinski definition) is 2. The molecule has 7 nitrogen and oxygen atoms in total. The third kappa shape index (κ3) is 6.82. The summed E-state index contributed by atoms with van der Waals surface area (Å²) in [6.45, 7) is 3.54. The van der Waals surface area contributed by atoms with Crippen molar-refractivity contribution in [3.8, 4) is 5.75 Å². The van der Waals surface area contributed by atoms with Gasteiger partial charge in [0, 0.05) is 13.0 Å². The number of esters is 1. The number of amides is 3. The molecular weight excluding hydrogens is 300 g/mol. The van der Waals surface area contributed by atoms with E-state index in [1.54, 1.807) is 14.0 Å². The zero-order valence-corrected chi connectivity index (χ0v) is 13.5. The zero-order valence-electron chi connectivity index (χ0n) is 13.5. The van der Waals surface area contributed by atoms with E-state index in [1.807, 2.05) is 24.3 Å². The molecule has 23 heavy (non-hydrogen) atoms. The van der Waals surface area contributed by atoms with E-state index in [2.05, 4.69) is 10.6 Å². The van der Waals surface area contributed by atoms with Crippen molar-refractivity contribution in [2.45, 2.75) is 32.8 Å². The number of methoxy groups -OCH3 is 1. The SMILES string of the molecule is CCNC(=O)NC(=O)[C@@H](C)OC(=O)CCc1ccc(OC)cc1. The number of aryl methyl sites for hydroxylation is 1. The number of hydrogen-bond acceptors (Lipinski definition) is 5. The third-order valence-electron chi connectivity index (χ3n) is 3.03. The highest BCUT2D eigenvalue weighted by atomic mass is 16.5. The molecule has 126 valence electrons. The second-order valence-corrected chi connectivity index (χ2v) is 4.83. The summed E-state index contributed by atoms with van der Waals surface area (Å²) in [6, 6.07) is 6.72. The fourth-order valence-electron chi connectivity index (χ4n) is 1.77. The van der Waals surface area contributed by atoms with Gasteiger partial charge in [0.15, 0.2) is 6.10 Å². The second kappa shape index (κ2) is 9.45. The molecule has 0 heterocycles. The minimum atomic E-state index is -1.03. The van der Waals surface area contributed by atoms with Gasteiger partial charge >= 0.3 is 12.0 Å². The Bertz CT molecular complexity index is 542. The predicted octanol–water partition coefficient (Wildman–Crippen LogP) is 1.41. The van der Waals surface area contributed by atoms with Crippen molar-refractivity contribution in [3.05, 3.63) is 29.8 Å². The van der Waals surface area contributed by atoms with Crippen LogP contribution in [0.1, 0.15) is 25.8 Å². The molecule has 1 atom stereocenters. The van der Waals surface area contributed by atoms with E-state index in [4.69, 9.17) is 9.47 Å². The number of ether oxygens (including phenoxy) is 2. The van der Waals surface area contributed by atoms with Crippen LogP contribution in [0.25, 0.3) is 0 Å². The quantitative estimate of drug-likeness (QED) is 0.740. The molecule has 0 aliphatic rings. The number of urea groups is 1. The number of rotatable bonds is 7. The summed E-state index contributed by atoms with van der Waals surface area (Å²) in [7, 11) is 1.58. The van der Waals surface area contributed by atoms with E-state index < -0.39 is 24.0 Å². The highest BCUT2D eigenvalue weighted by molar-refractivity contribution is 5.97. The Labute approximate surface area is 135 Å². The fraction of sp³-hybridized carbons (Fsp3) is 0.438. The van der Waals surface area contributed by atoms with Gasteiger partial charge in [0.05, 0.1) is 7.11 Å². The van der Waals surface area contributed by atoms with E-state index in [9.17, 15) is 14.4 Å². The minimum Gasteiger partial charge on any atom is -0.497 e.